The number of fused-ring (bicyclic) bond motifs is 1. The van der Waals surface area contributed by atoms with Gasteiger partial charge in [-0.05, 0) is 13.8 Å². The number of ether oxygens (including phenoxy) is 2. The van der Waals surface area contributed by atoms with Crippen LogP contribution in [0.15, 0.2) is 16.9 Å². The van der Waals surface area contributed by atoms with Gasteiger partial charge in [-0.15, -0.1) is 9.46 Å². The molecule has 1 aromatic heterocycles. The van der Waals surface area contributed by atoms with Gasteiger partial charge < -0.3 is 19.9 Å². The highest BCUT2D eigenvalue weighted by molar-refractivity contribution is 5.77. The van der Waals surface area contributed by atoms with E-state index in [0.29, 0.717) is 24.7 Å². The van der Waals surface area contributed by atoms with E-state index in [9.17, 15) is 15.2 Å². The third-order valence-electron chi connectivity index (χ3n) is 2.79. The normalized spacial score (nSPS) is 10.3. The van der Waals surface area contributed by atoms with Crippen molar-refractivity contribution in [2.24, 2.45) is 0 Å². The quantitative estimate of drug-likeness (QED) is 0.500. The predicted molar refractivity (Wildman–Crippen MR) is 71.4 cm³/mol. The highest BCUT2D eigenvalue weighted by Crippen LogP contribution is 2.31. The van der Waals surface area contributed by atoms with Gasteiger partial charge in [-0.25, -0.2) is 0 Å². The number of nitrogens with zero attached hydrogens (tertiary/aromatic N) is 3. The van der Waals surface area contributed by atoms with Crippen LogP contribution in [0.2, 0.25) is 0 Å². The molecule has 2 aromatic rings. The zero-order valence-electron chi connectivity index (χ0n) is 11.5. The molecule has 1 aromatic carbocycles. The number of aromatic nitrogens is 2. The van der Waals surface area contributed by atoms with Crippen LogP contribution in [-0.2, 0) is 0 Å². The Kier molecular flexibility index (Phi) is 3.84. The van der Waals surface area contributed by atoms with Crippen molar-refractivity contribution in [3.8, 4) is 17.6 Å². The lowest BCUT2D eigenvalue weighted by Gasteiger charge is -2.13. The lowest BCUT2D eigenvalue weighted by atomic mass is 10.2. The van der Waals surface area contributed by atoms with E-state index in [1.54, 1.807) is 13.8 Å². The molecule has 21 heavy (non-hydrogen) atoms. The fourth-order valence-electron chi connectivity index (χ4n) is 1.92. The summed E-state index contributed by atoms with van der Waals surface area (Å²) in [5.74, 6) is 0.581. The Balaban J connectivity index is 2.88. The van der Waals surface area contributed by atoms with E-state index >= 15 is 0 Å². The third kappa shape index (κ3) is 2.29. The second-order valence-electron chi connectivity index (χ2n) is 4.03. The smallest absolute Gasteiger partial charge is 0.368 e. The Morgan fingerprint density at radius 1 is 1.33 bits per heavy atom. The molecule has 1 N–H and O–H groups in total. The average Bonchev–Trinajstić information content (AvgIpc) is 2.47. The maximum Gasteiger partial charge on any atom is 0.368 e. The van der Waals surface area contributed by atoms with Crippen molar-refractivity contribution in [3.05, 3.63) is 33.4 Å². The van der Waals surface area contributed by atoms with Gasteiger partial charge >= 0.3 is 11.3 Å². The van der Waals surface area contributed by atoms with E-state index in [1.807, 2.05) is 0 Å². The summed E-state index contributed by atoms with van der Waals surface area (Å²) >= 11 is 0. The van der Waals surface area contributed by atoms with Gasteiger partial charge in [0, 0.05) is 6.07 Å². The highest BCUT2D eigenvalue weighted by atomic mass is 16.5. The van der Waals surface area contributed by atoms with Gasteiger partial charge in [0.2, 0.25) is 5.52 Å². The van der Waals surface area contributed by atoms with Crippen LogP contribution in [0.3, 0.4) is 0 Å². The molecule has 0 radical (unpaired) electrons. The summed E-state index contributed by atoms with van der Waals surface area (Å²) in [6.07, 6.45) is 0. The van der Waals surface area contributed by atoms with Gasteiger partial charge in [-0.1, -0.05) is 0 Å². The molecule has 0 saturated heterocycles. The van der Waals surface area contributed by atoms with E-state index < -0.39 is 11.3 Å². The van der Waals surface area contributed by atoms with E-state index in [4.69, 9.17) is 14.7 Å². The zero-order chi connectivity index (χ0) is 15.6. The molecule has 110 valence electrons. The molecule has 0 aliphatic carbocycles. The van der Waals surface area contributed by atoms with Crippen LogP contribution < -0.4 is 19.8 Å². The van der Waals surface area contributed by atoms with E-state index in [0.717, 1.165) is 0 Å². The van der Waals surface area contributed by atoms with Gasteiger partial charge in [-0.3, -0.25) is 4.79 Å². The molecule has 0 spiro atoms. The minimum Gasteiger partial charge on any atom is -0.617 e. The monoisotopic (exact) mass is 291 g/mol. The number of hydrogen-bond acceptors (Lipinski definition) is 6. The van der Waals surface area contributed by atoms with Gasteiger partial charge in [0.1, 0.15) is 0 Å². The molecule has 0 aliphatic rings. The first-order chi connectivity index (χ1) is 10.0. The Labute approximate surface area is 119 Å². The summed E-state index contributed by atoms with van der Waals surface area (Å²) in [6, 6.07) is 4.12. The fourth-order valence-corrected chi connectivity index (χ4v) is 1.92. The van der Waals surface area contributed by atoms with E-state index in [1.165, 1.54) is 18.2 Å². The average molecular weight is 291 g/mol. The minimum absolute atomic E-state index is 0.0686. The van der Waals surface area contributed by atoms with Gasteiger partial charge in [0.25, 0.3) is 0 Å². The summed E-state index contributed by atoms with van der Waals surface area (Å²) < 4.78 is 11.1. The SMILES string of the molecule is CCOc1cc2c(cc1OCC)[n+]([O-])c(C#N)c(=O)n2O. The molecule has 0 aliphatic heterocycles. The lowest BCUT2D eigenvalue weighted by molar-refractivity contribution is -0.581. The summed E-state index contributed by atoms with van der Waals surface area (Å²) in [7, 11) is 0. The summed E-state index contributed by atoms with van der Waals surface area (Å²) in [5.41, 5.74) is -1.95. The van der Waals surface area contributed by atoms with Crippen LogP contribution in [0, 0.1) is 16.5 Å². The second-order valence-corrected chi connectivity index (χ2v) is 4.03. The van der Waals surface area contributed by atoms with Gasteiger partial charge in [0.15, 0.2) is 23.1 Å². The molecule has 8 nitrogen and oxygen atoms in total. The Morgan fingerprint density at radius 3 is 2.43 bits per heavy atom. The molecule has 1 heterocycles. The Morgan fingerprint density at radius 2 is 1.90 bits per heavy atom. The molecule has 8 heteroatoms. The second kappa shape index (κ2) is 5.58. The van der Waals surface area contributed by atoms with Crippen LogP contribution in [0.1, 0.15) is 19.5 Å². The predicted octanol–water partition coefficient (Wildman–Crippen LogP) is 0.541. The van der Waals surface area contributed by atoms with Crippen molar-refractivity contribution in [1.82, 2.24) is 4.73 Å². The summed E-state index contributed by atoms with van der Waals surface area (Å²) in [4.78, 5) is 11.7. The molecule has 0 bridgehead atoms. The van der Waals surface area contributed by atoms with Crippen molar-refractivity contribution in [3.63, 3.8) is 0 Å². The number of benzene rings is 1. The van der Waals surface area contributed by atoms with Crippen molar-refractivity contribution in [1.29, 1.82) is 5.26 Å². The molecule has 0 fully saturated rings. The summed E-state index contributed by atoms with van der Waals surface area (Å²) in [6.45, 7) is 4.21. The molecular formula is C13H13N3O5. The van der Waals surface area contributed by atoms with Crippen LogP contribution in [0.25, 0.3) is 11.0 Å². The molecule has 0 unspecified atom stereocenters. The third-order valence-corrected chi connectivity index (χ3v) is 2.79. The Bertz CT molecular complexity index is 791. The van der Waals surface area contributed by atoms with Gasteiger partial charge in [-0.2, -0.15) is 5.26 Å². The lowest BCUT2D eigenvalue weighted by Crippen LogP contribution is -2.42. The number of hydrogen-bond donors (Lipinski definition) is 1. The summed E-state index contributed by atoms with van der Waals surface area (Å²) in [5, 5.41) is 30.7. The van der Waals surface area contributed by atoms with Crippen LogP contribution in [-0.4, -0.2) is 23.2 Å². The van der Waals surface area contributed by atoms with Crippen LogP contribution in [0.5, 0.6) is 11.5 Å². The molecule has 2 rings (SSSR count). The highest BCUT2D eigenvalue weighted by Gasteiger charge is 2.23. The van der Waals surface area contributed by atoms with E-state index in [-0.39, 0.29) is 20.5 Å². The van der Waals surface area contributed by atoms with Crippen LogP contribution in [0.4, 0.5) is 0 Å². The first kappa shape index (κ1) is 14.5. The van der Waals surface area contributed by atoms with Crippen molar-refractivity contribution < 1.29 is 19.4 Å². The van der Waals surface area contributed by atoms with Crippen molar-refractivity contribution in [2.45, 2.75) is 13.8 Å². The van der Waals surface area contributed by atoms with Crippen molar-refractivity contribution in [2.75, 3.05) is 13.2 Å². The largest absolute Gasteiger partial charge is 0.617 e. The first-order valence-electron chi connectivity index (χ1n) is 6.26. The van der Waals surface area contributed by atoms with Gasteiger partial charge in [0.05, 0.1) is 19.3 Å². The maximum absolute atomic E-state index is 12.0. The fraction of sp³-hybridized carbons (Fsp3) is 0.308. The standard InChI is InChI=1S/C13H13N3O5/c1-3-20-11-5-8-9(6-12(11)21-4-2)16(19)13(17)10(7-14)15(8)18/h5-6,19H,3-4H2,1-2H3. The molecule has 0 atom stereocenters. The minimum atomic E-state index is -1.09. The van der Waals surface area contributed by atoms with E-state index in [2.05, 4.69) is 0 Å². The molecular weight excluding hydrogens is 278 g/mol. The number of nitriles is 1. The molecule has 0 amide bonds. The van der Waals surface area contributed by atoms with Crippen LogP contribution >= 0.6 is 0 Å². The van der Waals surface area contributed by atoms with Crippen molar-refractivity contribution >= 4 is 11.0 Å². The molecule has 0 saturated carbocycles. The first-order valence-corrected chi connectivity index (χ1v) is 6.26. The topological polar surface area (TPSA) is 111 Å². The Hall–Kier alpha value is -2.95. The maximum atomic E-state index is 12.0. The number of rotatable bonds is 4. The zero-order valence-corrected chi connectivity index (χ0v) is 11.5.